The van der Waals surface area contributed by atoms with Crippen LogP contribution in [-0.4, -0.2) is 33.1 Å². The number of hydrogen-bond donors (Lipinski definition) is 1. The van der Waals surface area contributed by atoms with Crippen LogP contribution in [0.25, 0.3) is 16.9 Å². The van der Waals surface area contributed by atoms with Gasteiger partial charge >= 0.3 is 5.97 Å². The third kappa shape index (κ3) is 2.71. The van der Waals surface area contributed by atoms with Crippen molar-refractivity contribution in [3.63, 3.8) is 0 Å². The number of nitrogens with zero attached hydrogens (tertiary/aromatic N) is 3. The van der Waals surface area contributed by atoms with Gasteiger partial charge in [-0.3, -0.25) is 4.79 Å². The highest BCUT2D eigenvalue weighted by Crippen LogP contribution is 2.29. The standard InChI is InChI=1S/C19H18N4O3/c1-3-13-9-16(19(25)26-4-2)20-17-10-15(22-23(13)17)11-5-6-14-12(7-11)8-18(24)21-14/h5-7,9-10H,3-4,8H2,1-2H3,(H,21,24). The summed E-state index contributed by atoms with van der Waals surface area (Å²) in [5, 5.41) is 7.47. The van der Waals surface area contributed by atoms with Gasteiger partial charge in [-0.1, -0.05) is 13.0 Å². The number of fused-ring (bicyclic) bond motifs is 2. The molecule has 1 aliphatic heterocycles. The van der Waals surface area contributed by atoms with Crippen LogP contribution in [0.3, 0.4) is 0 Å². The fourth-order valence-corrected chi connectivity index (χ4v) is 3.13. The molecule has 1 aromatic carbocycles. The molecule has 0 saturated carbocycles. The first kappa shape index (κ1) is 16.3. The minimum atomic E-state index is -0.436. The molecule has 132 valence electrons. The molecule has 0 saturated heterocycles. The van der Waals surface area contributed by atoms with E-state index in [0.29, 0.717) is 25.1 Å². The lowest BCUT2D eigenvalue weighted by Gasteiger charge is -2.05. The number of aromatic nitrogens is 3. The van der Waals surface area contributed by atoms with E-state index in [1.165, 1.54) is 0 Å². The number of rotatable bonds is 4. The number of aryl methyl sites for hydroxylation is 1. The third-order valence-electron chi connectivity index (χ3n) is 4.37. The zero-order valence-electron chi connectivity index (χ0n) is 14.6. The lowest BCUT2D eigenvalue weighted by Crippen LogP contribution is -2.10. The van der Waals surface area contributed by atoms with E-state index in [9.17, 15) is 9.59 Å². The molecule has 3 aromatic rings. The van der Waals surface area contributed by atoms with Gasteiger partial charge in [0.2, 0.25) is 5.91 Å². The molecule has 0 atom stereocenters. The molecule has 2 aromatic heterocycles. The summed E-state index contributed by atoms with van der Waals surface area (Å²) in [4.78, 5) is 28.0. The molecule has 0 radical (unpaired) electrons. The van der Waals surface area contributed by atoms with Crippen LogP contribution in [-0.2, 0) is 22.4 Å². The van der Waals surface area contributed by atoms with Gasteiger partial charge in [0, 0.05) is 23.0 Å². The Morgan fingerprint density at radius 1 is 1.27 bits per heavy atom. The van der Waals surface area contributed by atoms with E-state index in [-0.39, 0.29) is 11.6 Å². The monoisotopic (exact) mass is 350 g/mol. The van der Waals surface area contributed by atoms with Crippen molar-refractivity contribution in [3.05, 3.63) is 47.3 Å². The van der Waals surface area contributed by atoms with Crippen LogP contribution >= 0.6 is 0 Å². The number of carbonyl (C=O) groups excluding carboxylic acids is 2. The molecule has 4 rings (SSSR count). The van der Waals surface area contributed by atoms with Crippen LogP contribution in [0.5, 0.6) is 0 Å². The summed E-state index contributed by atoms with van der Waals surface area (Å²) in [5.41, 5.74) is 5.21. The van der Waals surface area contributed by atoms with Crippen molar-refractivity contribution in [1.82, 2.24) is 14.6 Å². The molecule has 0 aliphatic carbocycles. The first-order valence-corrected chi connectivity index (χ1v) is 8.59. The van der Waals surface area contributed by atoms with Gasteiger partial charge in [-0.2, -0.15) is 5.10 Å². The van der Waals surface area contributed by atoms with Gasteiger partial charge in [0.1, 0.15) is 0 Å². The number of amides is 1. The molecule has 0 spiro atoms. The van der Waals surface area contributed by atoms with E-state index in [4.69, 9.17) is 4.74 Å². The number of nitrogens with one attached hydrogen (secondary N) is 1. The second-order valence-corrected chi connectivity index (χ2v) is 6.10. The summed E-state index contributed by atoms with van der Waals surface area (Å²) in [7, 11) is 0. The second kappa shape index (κ2) is 6.25. The lowest BCUT2D eigenvalue weighted by atomic mass is 10.1. The van der Waals surface area contributed by atoms with Gasteiger partial charge in [-0.05, 0) is 37.1 Å². The maximum Gasteiger partial charge on any atom is 0.357 e. The Morgan fingerprint density at radius 2 is 2.12 bits per heavy atom. The summed E-state index contributed by atoms with van der Waals surface area (Å²) in [6.07, 6.45) is 1.08. The van der Waals surface area contributed by atoms with Crippen molar-refractivity contribution in [2.45, 2.75) is 26.7 Å². The smallest absolute Gasteiger partial charge is 0.357 e. The summed E-state index contributed by atoms with van der Waals surface area (Å²) < 4.78 is 6.80. The molecule has 0 unspecified atom stereocenters. The highest BCUT2D eigenvalue weighted by molar-refractivity contribution is 5.99. The van der Waals surface area contributed by atoms with E-state index >= 15 is 0 Å². The lowest BCUT2D eigenvalue weighted by molar-refractivity contribution is -0.115. The number of esters is 1. The molecule has 1 amide bonds. The van der Waals surface area contributed by atoms with Crippen LogP contribution in [0.2, 0.25) is 0 Å². The van der Waals surface area contributed by atoms with E-state index < -0.39 is 5.97 Å². The van der Waals surface area contributed by atoms with Crippen molar-refractivity contribution in [3.8, 4) is 11.3 Å². The van der Waals surface area contributed by atoms with Crippen molar-refractivity contribution in [1.29, 1.82) is 0 Å². The van der Waals surface area contributed by atoms with Gasteiger partial charge in [0.05, 0.1) is 18.7 Å². The first-order chi connectivity index (χ1) is 12.6. The molecule has 7 nitrogen and oxygen atoms in total. The molecule has 1 N–H and O–H groups in total. The van der Waals surface area contributed by atoms with E-state index in [1.54, 1.807) is 17.5 Å². The molecule has 0 bridgehead atoms. The van der Waals surface area contributed by atoms with E-state index in [1.807, 2.05) is 31.2 Å². The number of hydrogen-bond acceptors (Lipinski definition) is 5. The molecule has 1 aliphatic rings. The van der Waals surface area contributed by atoms with Crippen LogP contribution in [0.15, 0.2) is 30.3 Å². The Balaban J connectivity index is 1.79. The molecule has 3 heterocycles. The minimum Gasteiger partial charge on any atom is -0.461 e. The van der Waals surface area contributed by atoms with Crippen molar-refractivity contribution < 1.29 is 14.3 Å². The largest absolute Gasteiger partial charge is 0.461 e. The highest BCUT2D eigenvalue weighted by atomic mass is 16.5. The molecule has 26 heavy (non-hydrogen) atoms. The zero-order valence-corrected chi connectivity index (χ0v) is 14.6. The molecular formula is C19H18N4O3. The van der Waals surface area contributed by atoms with Gasteiger partial charge < -0.3 is 10.1 Å². The topological polar surface area (TPSA) is 85.6 Å². The Kier molecular flexibility index (Phi) is 3.91. The zero-order chi connectivity index (χ0) is 18.3. The van der Waals surface area contributed by atoms with Crippen molar-refractivity contribution in [2.24, 2.45) is 0 Å². The normalized spacial score (nSPS) is 12.9. The second-order valence-electron chi connectivity index (χ2n) is 6.10. The number of anilines is 1. The van der Waals surface area contributed by atoms with Crippen molar-refractivity contribution in [2.75, 3.05) is 11.9 Å². The highest BCUT2D eigenvalue weighted by Gasteiger charge is 2.19. The van der Waals surface area contributed by atoms with Gasteiger partial charge in [-0.15, -0.1) is 0 Å². The maximum absolute atomic E-state index is 12.0. The predicted molar refractivity (Wildman–Crippen MR) is 96.1 cm³/mol. The van der Waals surface area contributed by atoms with Crippen LogP contribution < -0.4 is 5.32 Å². The Bertz CT molecular complexity index is 1040. The van der Waals surface area contributed by atoms with Crippen molar-refractivity contribution >= 4 is 23.2 Å². The Labute approximate surface area is 150 Å². The Morgan fingerprint density at radius 3 is 2.88 bits per heavy atom. The SMILES string of the molecule is CCOC(=O)c1cc(CC)n2nc(-c3ccc4c(c3)CC(=O)N4)cc2n1. The van der Waals surface area contributed by atoms with Crippen LogP contribution in [0, 0.1) is 0 Å². The first-order valence-electron chi connectivity index (χ1n) is 8.59. The van der Waals surface area contributed by atoms with Gasteiger partial charge in [-0.25, -0.2) is 14.3 Å². The molecular weight excluding hydrogens is 332 g/mol. The predicted octanol–water partition coefficient (Wildman–Crippen LogP) is 2.63. The Hall–Kier alpha value is -3.22. The fourth-order valence-electron chi connectivity index (χ4n) is 3.13. The summed E-state index contributed by atoms with van der Waals surface area (Å²) in [6, 6.07) is 9.33. The molecule has 0 fully saturated rings. The summed E-state index contributed by atoms with van der Waals surface area (Å²) in [5.74, 6) is -0.435. The fraction of sp³-hybridized carbons (Fsp3) is 0.263. The van der Waals surface area contributed by atoms with Crippen LogP contribution in [0.4, 0.5) is 5.69 Å². The van der Waals surface area contributed by atoms with Gasteiger partial charge in [0.15, 0.2) is 11.3 Å². The van der Waals surface area contributed by atoms with E-state index in [0.717, 1.165) is 28.2 Å². The number of ether oxygens (including phenoxy) is 1. The minimum absolute atomic E-state index is 0.00108. The maximum atomic E-state index is 12.0. The number of benzene rings is 1. The summed E-state index contributed by atoms with van der Waals surface area (Å²) >= 11 is 0. The molecule has 7 heteroatoms. The van der Waals surface area contributed by atoms with Gasteiger partial charge in [0.25, 0.3) is 0 Å². The average Bonchev–Trinajstić information content (AvgIpc) is 3.22. The van der Waals surface area contributed by atoms with E-state index in [2.05, 4.69) is 15.4 Å². The quantitative estimate of drug-likeness (QED) is 0.731. The third-order valence-corrected chi connectivity index (χ3v) is 4.37. The summed E-state index contributed by atoms with van der Waals surface area (Å²) in [6.45, 7) is 4.07. The average molecular weight is 350 g/mol. The number of carbonyl (C=O) groups is 2. The van der Waals surface area contributed by atoms with Crippen LogP contribution in [0.1, 0.15) is 35.6 Å².